The lowest BCUT2D eigenvalue weighted by atomic mass is 10.1. The molecule has 0 unspecified atom stereocenters. The summed E-state index contributed by atoms with van der Waals surface area (Å²) in [5.41, 5.74) is 3.01. The summed E-state index contributed by atoms with van der Waals surface area (Å²) in [5, 5.41) is 10.8. The Labute approximate surface area is 114 Å². The molecular formula is C14H11ClN2O2. The fourth-order valence-corrected chi connectivity index (χ4v) is 2.48. The number of carboxylic acids is 1. The van der Waals surface area contributed by atoms with Gasteiger partial charge in [0.05, 0.1) is 5.69 Å². The number of aromatic carboxylic acids is 1. The highest BCUT2D eigenvalue weighted by Gasteiger charge is 2.14. The average molecular weight is 275 g/mol. The van der Waals surface area contributed by atoms with Gasteiger partial charge in [-0.05, 0) is 24.3 Å². The first-order valence-electron chi connectivity index (χ1n) is 5.74. The number of H-pyrrole nitrogens is 1. The predicted octanol–water partition coefficient (Wildman–Crippen LogP) is 3.53. The summed E-state index contributed by atoms with van der Waals surface area (Å²) in [6, 6.07) is 9.01. The van der Waals surface area contributed by atoms with Crippen LogP contribution < -0.4 is 0 Å². The number of nitrogens with one attached hydrogen (secondary N) is 1. The van der Waals surface area contributed by atoms with Gasteiger partial charge in [-0.3, -0.25) is 0 Å². The Morgan fingerprint density at radius 1 is 1.32 bits per heavy atom. The van der Waals surface area contributed by atoms with Gasteiger partial charge in [-0.25, -0.2) is 4.79 Å². The molecule has 2 aromatic heterocycles. The van der Waals surface area contributed by atoms with Crippen LogP contribution in [0.3, 0.4) is 0 Å². The summed E-state index contributed by atoms with van der Waals surface area (Å²) in [6.07, 6.45) is 1.86. The number of carbonyl (C=O) groups is 1. The molecule has 0 bridgehead atoms. The van der Waals surface area contributed by atoms with E-state index >= 15 is 0 Å². The number of nitrogens with zero attached hydrogens (tertiary/aromatic N) is 1. The molecule has 96 valence electrons. The second-order valence-corrected chi connectivity index (χ2v) is 4.80. The molecule has 0 aliphatic rings. The third-order valence-corrected chi connectivity index (χ3v) is 3.50. The minimum absolute atomic E-state index is 0.262. The zero-order valence-electron chi connectivity index (χ0n) is 10.1. The molecule has 3 aromatic rings. The highest BCUT2D eigenvalue weighted by Crippen LogP contribution is 2.31. The van der Waals surface area contributed by atoms with E-state index in [2.05, 4.69) is 4.98 Å². The van der Waals surface area contributed by atoms with Crippen LogP contribution in [0.15, 0.2) is 36.5 Å². The van der Waals surface area contributed by atoms with Crippen LogP contribution >= 0.6 is 11.6 Å². The molecule has 4 nitrogen and oxygen atoms in total. The van der Waals surface area contributed by atoms with Crippen LogP contribution in [0.4, 0.5) is 0 Å². The summed E-state index contributed by atoms with van der Waals surface area (Å²) in [4.78, 5) is 14.2. The van der Waals surface area contributed by atoms with Crippen molar-refractivity contribution in [2.24, 2.45) is 7.05 Å². The van der Waals surface area contributed by atoms with Crippen LogP contribution in [0.1, 0.15) is 10.5 Å². The Morgan fingerprint density at radius 3 is 2.79 bits per heavy atom. The zero-order valence-corrected chi connectivity index (χ0v) is 10.9. The quantitative estimate of drug-likeness (QED) is 0.751. The van der Waals surface area contributed by atoms with E-state index in [1.807, 2.05) is 24.4 Å². The molecule has 5 heteroatoms. The first-order chi connectivity index (χ1) is 9.08. The lowest BCUT2D eigenvalue weighted by molar-refractivity contribution is 0.0687. The summed E-state index contributed by atoms with van der Waals surface area (Å²) in [5.74, 6) is -0.934. The molecule has 0 spiro atoms. The minimum Gasteiger partial charge on any atom is -0.477 e. The number of benzene rings is 1. The molecule has 0 radical (unpaired) electrons. The number of hydrogen-bond acceptors (Lipinski definition) is 1. The van der Waals surface area contributed by atoms with Crippen LogP contribution in [0, 0.1) is 0 Å². The SMILES string of the molecule is Cn1c(C(=O)O)ccc1-c1c[nH]c2cc(Cl)ccc12. The van der Waals surface area contributed by atoms with Gasteiger partial charge in [0.25, 0.3) is 0 Å². The third kappa shape index (κ3) is 1.81. The fraction of sp³-hybridized carbons (Fsp3) is 0.0714. The Balaban J connectivity index is 2.22. The molecule has 19 heavy (non-hydrogen) atoms. The highest BCUT2D eigenvalue weighted by atomic mass is 35.5. The maximum absolute atomic E-state index is 11.1. The van der Waals surface area contributed by atoms with Gasteiger partial charge in [-0.1, -0.05) is 17.7 Å². The summed E-state index contributed by atoms with van der Waals surface area (Å²) in [6.45, 7) is 0. The van der Waals surface area contributed by atoms with E-state index < -0.39 is 5.97 Å². The third-order valence-electron chi connectivity index (χ3n) is 3.26. The van der Waals surface area contributed by atoms with E-state index in [4.69, 9.17) is 16.7 Å². The first-order valence-corrected chi connectivity index (χ1v) is 6.12. The molecule has 2 heterocycles. The summed E-state index contributed by atoms with van der Waals surface area (Å²) in [7, 11) is 1.74. The average Bonchev–Trinajstić information content (AvgIpc) is 2.91. The number of carboxylic acid groups (broad SMARTS) is 1. The largest absolute Gasteiger partial charge is 0.477 e. The molecule has 0 atom stereocenters. The minimum atomic E-state index is -0.934. The summed E-state index contributed by atoms with van der Waals surface area (Å²) < 4.78 is 1.67. The molecule has 0 amide bonds. The van der Waals surface area contributed by atoms with Crippen LogP contribution in [0.5, 0.6) is 0 Å². The van der Waals surface area contributed by atoms with E-state index in [1.54, 1.807) is 23.7 Å². The number of aromatic amines is 1. The fourth-order valence-electron chi connectivity index (χ4n) is 2.31. The molecule has 3 rings (SSSR count). The standard InChI is InChI=1S/C14H11ClN2O2/c1-17-12(4-5-13(17)14(18)19)10-7-16-11-6-8(15)2-3-9(10)11/h2-7,16H,1H3,(H,18,19). The molecule has 0 aliphatic heterocycles. The lowest BCUT2D eigenvalue weighted by Crippen LogP contribution is -2.04. The van der Waals surface area contributed by atoms with E-state index in [1.165, 1.54) is 0 Å². The van der Waals surface area contributed by atoms with Gasteiger partial charge in [0.1, 0.15) is 5.69 Å². The molecular weight excluding hydrogens is 264 g/mol. The van der Waals surface area contributed by atoms with Crippen molar-refractivity contribution < 1.29 is 9.90 Å². The van der Waals surface area contributed by atoms with E-state index in [0.717, 1.165) is 22.2 Å². The summed E-state index contributed by atoms with van der Waals surface area (Å²) >= 11 is 5.95. The number of halogens is 1. The van der Waals surface area contributed by atoms with Gasteiger partial charge in [0.15, 0.2) is 0 Å². The Bertz CT molecular complexity index is 786. The normalized spacial score (nSPS) is 11.1. The molecule has 0 fully saturated rings. The van der Waals surface area contributed by atoms with Gasteiger partial charge in [0.2, 0.25) is 0 Å². The van der Waals surface area contributed by atoms with Crippen molar-refractivity contribution in [3.63, 3.8) is 0 Å². The maximum Gasteiger partial charge on any atom is 0.352 e. The van der Waals surface area contributed by atoms with Crippen LogP contribution in [0.25, 0.3) is 22.2 Å². The monoisotopic (exact) mass is 274 g/mol. The van der Waals surface area contributed by atoms with Crippen molar-refractivity contribution in [1.82, 2.24) is 9.55 Å². The van der Waals surface area contributed by atoms with Crippen molar-refractivity contribution in [1.29, 1.82) is 0 Å². The van der Waals surface area contributed by atoms with Crippen LogP contribution in [-0.4, -0.2) is 20.6 Å². The molecule has 2 N–H and O–H groups in total. The number of rotatable bonds is 2. The Hall–Kier alpha value is -2.20. The van der Waals surface area contributed by atoms with Crippen molar-refractivity contribution in [2.75, 3.05) is 0 Å². The predicted molar refractivity (Wildman–Crippen MR) is 74.7 cm³/mol. The van der Waals surface area contributed by atoms with Crippen LogP contribution in [-0.2, 0) is 7.05 Å². The first kappa shape index (κ1) is 11.9. The smallest absolute Gasteiger partial charge is 0.352 e. The highest BCUT2D eigenvalue weighted by molar-refractivity contribution is 6.31. The van der Waals surface area contributed by atoms with Gasteiger partial charge >= 0.3 is 5.97 Å². The van der Waals surface area contributed by atoms with Gasteiger partial charge < -0.3 is 14.7 Å². The second-order valence-electron chi connectivity index (χ2n) is 4.36. The van der Waals surface area contributed by atoms with E-state index in [-0.39, 0.29) is 5.69 Å². The molecule has 1 aromatic carbocycles. The Morgan fingerprint density at radius 2 is 2.11 bits per heavy atom. The molecule has 0 saturated carbocycles. The molecule has 0 aliphatic carbocycles. The lowest BCUT2D eigenvalue weighted by Gasteiger charge is -2.04. The zero-order chi connectivity index (χ0) is 13.6. The topological polar surface area (TPSA) is 58.0 Å². The Kier molecular flexibility index (Phi) is 2.61. The van der Waals surface area contributed by atoms with Gasteiger partial charge in [0, 0.05) is 34.7 Å². The van der Waals surface area contributed by atoms with E-state index in [0.29, 0.717) is 5.02 Å². The van der Waals surface area contributed by atoms with Gasteiger partial charge in [-0.15, -0.1) is 0 Å². The van der Waals surface area contributed by atoms with Crippen LogP contribution in [0.2, 0.25) is 5.02 Å². The van der Waals surface area contributed by atoms with Crippen molar-refractivity contribution in [3.05, 3.63) is 47.2 Å². The number of aromatic nitrogens is 2. The second kappa shape index (κ2) is 4.17. The number of hydrogen-bond donors (Lipinski definition) is 2. The van der Waals surface area contributed by atoms with Gasteiger partial charge in [-0.2, -0.15) is 0 Å². The van der Waals surface area contributed by atoms with Crippen molar-refractivity contribution in [3.8, 4) is 11.3 Å². The number of fused-ring (bicyclic) bond motifs is 1. The maximum atomic E-state index is 11.1. The van der Waals surface area contributed by atoms with E-state index in [9.17, 15) is 4.79 Å². The van der Waals surface area contributed by atoms with Crippen molar-refractivity contribution >= 4 is 28.5 Å². The molecule has 0 saturated heterocycles. The van der Waals surface area contributed by atoms with Crippen molar-refractivity contribution in [2.45, 2.75) is 0 Å².